The van der Waals surface area contributed by atoms with Crippen LogP contribution in [-0.2, 0) is 0 Å². The lowest BCUT2D eigenvalue weighted by molar-refractivity contribution is 0.0694. The molecule has 0 aliphatic heterocycles. The summed E-state index contributed by atoms with van der Waals surface area (Å²) >= 11 is 0.641. The normalized spacial score (nSPS) is 10.6. The zero-order chi connectivity index (χ0) is 18.1. The Morgan fingerprint density at radius 3 is 1.44 bits per heavy atom. The first kappa shape index (κ1) is 16.5. The maximum atomic E-state index is 11.7. The van der Waals surface area contributed by atoms with E-state index in [2.05, 4.69) is 0 Å². The number of thiophene rings is 1. The molecule has 1 aromatic heterocycles. The van der Waals surface area contributed by atoms with Crippen LogP contribution in [0.4, 0.5) is 0 Å². The lowest BCUT2D eigenvalue weighted by atomic mass is 9.94. The number of rotatable bonds is 4. The van der Waals surface area contributed by atoms with Gasteiger partial charge < -0.3 is 20.4 Å². The first-order chi connectivity index (χ1) is 11.9. The van der Waals surface area contributed by atoms with E-state index in [-0.39, 0.29) is 32.4 Å². The highest BCUT2D eigenvalue weighted by molar-refractivity contribution is 7.17. The van der Waals surface area contributed by atoms with E-state index in [0.29, 0.717) is 22.5 Å². The Hall–Kier alpha value is -3.32. The lowest BCUT2D eigenvalue weighted by Gasteiger charge is -2.09. The standard InChI is InChI=1S/C18H12O6S/c19-11-5-1-3-9(7-11)13-14(10-4-2-6-12(20)8-10)16(18(23)24)25-15(13)17(21)22/h1-8,19-20H,(H,21,22)(H,23,24). The van der Waals surface area contributed by atoms with E-state index in [0.717, 1.165) is 0 Å². The molecule has 0 radical (unpaired) electrons. The summed E-state index contributed by atoms with van der Waals surface area (Å²) in [7, 11) is 0. The molecule has 0 aliphatic rings. The Morgan fingerprint density at radius 1 is 0.720 bits per heavy atom. The van der Waals surface area contributed by atoms with Crippen molar-refractivity contribution >= 4 is 23.3 Å². The molecule has 0 bridgehead atoms. The Bertz CT molecular complexity index is 911. The van der Waals surface area contributed by atoms with Crippen LogP contribution in [0.2, 0.25) is 0 Å². The van der Waals surface area contributed by atoms with Crippen LogP contribution in [0.25, 0.3) is 22.3 Å². The quantitative estimate of drug-likeness (QED) is 0.564. The number of carboxylic acids is 2. The average molecular weight is 356 g/mol. The van der Waals surface area contributed by atoms with Crippen LogP contribution in [0, 0.1) is 0 Å². The van der Waals surface area contributed by atoms with Crippen LogP contribution in [0.5, 0.6) is 11.5 Å². The Morgan fingerprint density at radius 2 is 1.12 bits per heavy atom. The van der Waals surface area contributed by atoms with Crippen LogP contribution in [0.15, 0.2) is 48.5 Å². The predicted molar refractivity (Wildman–Crippen MR) is 92.4 cm³/mol. The molecule has 4 N–H and O–H groups in total. The fourth-order valence-corrected chi connectivity index (χ4v) is 3.63. The van der Waals surface area contributed by atoms with E-state index in [1.165, 1.54) is 24.3 Å². The van der Waals surface area contributed by atoms with Gasteiger partial charge in [-0.1, -0.05) is 24.3 Å². The molecule has 2 aromatic carbocycles. The van der Waals surface area contributed by atoms with Crippen LogP contribution >= 0.6 is 11.3 Å². The van der Waals surface area contributed by atoms with E-state index in [1.54, 1.807) is 24.3 Å². The topological polar surface area (TPSA) is 115 Å². The molecule has 0 atom stereocenters. The van der Waals surface area contributed by atoms with E-state index in [1.807, 2.05) is 0 Å². The van der Waals surface area contributed by atoms with E-state index < -0.39 is 11.9 Å². The van der Waals surface area contributed by atoms with Gasteiger partial charge in [-0.2, -0.15) is 0 Å². The van der Waals surface area contributed by atoms with Crippen molar-refractivity contribution in [1.29, 1.82) is 0 Å². The number of phenols is 2. The molecule has 1 heterocycles. The second-order valence-corrected chi connectivity index (χ2v) is 6.24. The average Bonchev–Trinajstić information content (AvgIpc) is 2.96. The molecule has 0 fully saturated rings. The first-order valence-corrected chi connectivity index (χ1v) is 7.92. The summed E-state index contributed by atoms with van der Waals surface area (Å²) in [6.07, 6.45) is 0. The zero-order valence-electron chi connectivity index (χ0n) is 12.6. The maximum absolute atomic E-state index is 11.7. The van der Waals surface area contributed by atoms with Gasteiger partial charge in [-0.15, -0.1) is 11.3 Å². The minimum absolute atomic E-state index is 0.0706. The molecule has 0 aliphatic carbocycles. The van der Waals surface area contributed by atoms with Gasteiger partial charge in [0.05, 0.1) is 0 Å². The van der Waals surface area contributed by atoms with Crippen molar-refractivity contribution in [2.24, 2.45) is 0 Å². The minimum atomic E-state index is -1.27. The Balaban J connectivity index is 2.42. The van der Waals surface area contributed by atoms with Gasteiger partial charge in [0.1, 0.15) is 21.3 Å². The number of phenolic OH excluding ortho intramolecular Hbond substituents is 2. The summed E-state index contributed by atoms with van der Waals surface area (Å²) in [5.41, 5.74) is 1.13. The Labute approximate surface area is 145 Å². The van der Waals surface area contributed by atoms with Gasteiger partial charge in [0.25, 0.3) is 0 Å². The minimum Gasteiger partial charge on any atom is -0.508 e. The number of benzene rings is 2. The number of aromatic carboxylic acids is 2. The summed E-state index contributed by atoms with van der Waals surface area (Å²) < 4.78 is 0. The van der Waals surface area contributed by atoms with E-state index in [9.17, 15) is 30.0 Å². The van der Waals surface area contributed by atoms with Gasteiger partial charge in [-0.25, -0.2) is 9.59 Å². The number of carboxylic acid groups (broad SMARTS) is 2. The summed E-state index contributed by atoms with van der Waals surface area (Å²) in [5, 5.41) is 38.5. The van der Waals surface area contributed by atoms with Gasteiger partial charge in [0, 0.05) is 11.1 Å². The molecule has 7 heteroatoms. The highest BCUT2D eigenvalue weighted by Crippen LogP contribution is 2.44. The van der Waals surface area contributed by atoms with Crippen molar-refractivity contribution in [3.8, 4) is 33.8 Å². The number of hydrogen-bond donors (Lipinski definition) is 4. The number of aromatic hydroxyl groups is 2. The third-order valence-corrected chi connectivity index (χ3v) is 4.73. The smallest absolute Gasteiger partial charge is 0.346 e. The SMILES string of the molecule is O=C(O)c1sc(C(=O)O)c(-c2cccc(O)c2)c1-c1cccc(O)c1. The molecule has 0 spiro atoms. The second-order valence-electron chi connectivity index (χ2n) is 5.22. The largest absolute Gasteiger partial charge is 0.508 e. The van der Waals surface area contributed by atoms with Gasteiger partial charge in [0.2, 0.25) is 0 Å². The molecule has 0 saturated heterocycles. The van der Waals surface area contributed by atoms with Crippen LogP contribution in [0.1, 0.15) is 19.3 Å². The van der Waals surface area contributed by atoms with Gasteiger partial charge in [-0.05, 0) is 35.4 Å². The monoisotopic (exact) mass is 356 g/mol. The van der Waals surface area contributed by atoms with Crippen LogP contribution in [0.3, 0.4) is 0 Å². The summed E-state index contributed by atoms with van der Waals surface area (Å²) in [4.78, 5) is 23.0. The van der Waals surface area contributed by atoms with Crippen LogP contribution in [-0.4, -0.2) is 32.4 Å². The first-order valence-electron chi connectivity index (χ1n) is 7.10. The van der Waals surface area contributed by atoms with Gasteiger partial charge in [0.15, 0.2) is 0 Å². The highest BCUT2D eigenvalue weighted by Gasteiger charge is 2.28. The highest BCUT2D eigenvalue weighted by atomic mass is 32.1. The van der Waals surface area contributed by atoms with E-state index >= 15 is 0 Å². The zero-order valence-corrected chi connectivity index (χ0v) is 13.4. The Kier molecular flexibility index (Phi) is 4.16. The maximum Gasteiger partial charge on any atom is 0.346 e. The number of hydrogen-bond acceptors (Lipinski definition) is 5. The molecule has 0 saturated carbocycles. The van der Waals surface area contributed by atoms with Crippen LogP contribution < -0.4 is 0 Å². The molecule has 6 nitrogen and oxygen atoms in total. The fraction of sp³-hybridized carbons (Fsp3) is 0. The molecule has 3 rings (SSSR count). The third-order valence-electron chi connectivity index (χ3n) is 3.57. The molecule has 3 aromatic rings. The van der Waals surface area contributed by atoms with Crippen molar-refractivity contribution in [2.75, 3.05) is 0 Å². The second kappa shape index (κ2) is 6.29. The van der Waals surface area contributed by atoms with Crippen molar-refractivity contribution in [3.05, 3.63) is 58.3 Å². The van der Waals surface area contributed by atoms with Crippen molar-refractivity contribution < 1.29 is 30.0 Å². The summed E-state index contributed by atoms with van der Waals surface area (Å²) in [6.45, 7) is 0. The summed E-state index contributed by atoms with van der Waals surface area (Å²) in [6, 6.07) is 11.9. The van der Waals surface area contributed by atoms with Crippen molar-refractivity contribution in [1.82, 2.24) is 0 Å². The lowest BCUT2D eigenvalue weighted by Crippen LogP contribution is -1.96. The molecule has 126 valence electrons. The molecule has 25 heavy (non-hydrogen) atoms. The molecular formula is C18H12O6S. The van der Waals surface area contributed by atoms with Crippen molar-refractivity contribution in [2.45, 2.75) is 0 Å². The number of carbonyl (C=O) groups is 2. The van der Waals surface area contributed by atoms with E-state index in [4.69, 9.17) is 0 Å². The molecular weight excluding hydrogens is 344 g/mol. The van der Waals surface area contributed by atoms with Gasteiger partial charge >= 0.3 is 11.9 Å². The predicted octanol–water partition coefficient (Wildman–Crippen LogP) is 3.89. The third kappa shape index (κ3) is 3.05. The molecule has 0 amide bonds. The summed E-state index contributed by atoms with van der Waals surface area (Å²) in [5.74, 6) is -2.67. The van der Waals surface area contributed by atoms with Crippen molar-refractivity contribution in [3.63, 3.8) is 0 Å². The molecule has 0 unspecified atom stereocenters. The fourth-order valence-electron chi connectivity index (χ4n) is 2.61. The van der Waals surface area contributed by atoms with Gasteiger partial charge in [-0.3, -0.25) is 0 Å².